The standard InChI is InChI=1S/C12H15N3S/c1-8-4-5-12(14-6-8)15-9(2)11-7-13-10(3)16-11/h4-7,9H,1-3H3,(H,14,15). The Kier molecular flexibility index (Phi) is 3.19. The van der Waals surface area contributed by atoms with E-state index in [2.05, 4.69) is 28.3 Å². The maximum absolute atomic E-state index is 4.32. The fourth-order valence-corrected chi connectivity index (χ4v) is 2.21. The van der Waals surface area contributed by atoms with Crippen molar-refractivity contribution in [2.75, 3.05) is 5.32 Å². The number of pyridine rings is 1. The second-order valence-electron chi connectivity index (χ2n) is 3.87. The largest absolute Gasteiger partial charge is 0.363 e. The van der Waals surface area contributed by atoms with Gasteiger partial charge in [0.05, 0.1) is 11.0 Å². The van der Waals surface area contributed by atoms with Crippen LogP contribution >= 0.6 is 11.3 Å². The molecular formula is C12H15N3S. The Morgan fingerprint density at radius 3 is 2.56 bits per heavy atom. The molecule has 0 radical (unpaired) electrons. The molecule has 0 aliphatic heterocycles. The van der Waals surface area contributed by atoms with Crippen LogP contribution in [-0.2, 0) is 0 Å². The molecule has 1 unspecified atom stereocenters. The van der Waals surface area contributed by atoms with E-state index in [1.165, 1.54) is 10.4 Å². The minimum atomic E-state index is 0.251. The van der Waals surface area contributed by atoms with E-state index in [9.17, 15) is 0 Å². The predicted molar refractivity (Wildman–Crippen MR) is 67.9 cm³/mol. The lowest BCUT2D eigenvalue weighted by Crippen LogP contribution is -2.06. The van der Waals surface area contributed by atoms with Crippen molar-refractivity contribution in [2.45, 2.75) is 26.8 Å². The van der Waals surface area contributed by atoms with Crippen LogP contribution in [0.5, 0.6) is 0 Å². The predicted octanol–water partition coefficient (Wildman–Crippen LogP) is 3.33. The Morgan fingerprint density at radius 2 is 2.00 bits per heavy atom. The number of rotatable bonds is 3. The molecular weight excluding hydrogens is 218 g/mol. The molecule has 2 aromatic heterocycles. The third-order valence-corrected chi connectivity index (χ3v) is 3.44. The molecule has 2 aromatic rings. The zero-order valence-corrected chi connectivity index (χ0v) is 10.5. The average Bonchev–Trinajstić information content (AvgIpc) is 2.68. The number of aromatic nitrogens is 2. The Hall–Kier alpha value is -1.42. The second-order valence-corrected chi connectivity index (χ2v) is 5.13. The molecule has 0 spiro atoms. The summed E-state index contributed by atoms with van der Waals surface area (Å²) in [5, 5.41) is 4.46. The highest BCUT2D eigenvalue weighted by molar-refractivity contribution is 7.11. The maximum atomic E-state index is 4.32. The van der Waals surface area contributed by atoms with Gasteiger partial charge in [-0.3, -0.25) is 0 Å². The van der Waals surface area contributed by atoms with Crippen LogP contribution < -0.4 is 5.32 Å². The Morgan fingerprint density at radius 1 is 1.19 bits per heavy atom. The van der Waals surface area contributed by atoms with E-state index in [4.69, 9.17) is 0 Å². The fourth-order valence-electron chi connectivity index (χ4n) is 1.42. The van der Waals surface area contributed by atoms with Gasteiger partial charge in [0, 0.05) is 17.3 Å². The van der Waals surface area contributed by atoms with Gasteiger partial charge < -0.3 is 5.32 Å². The highest BCUT2D eigenvalue weighted by Crippen LogP contribution is 2.23. The molecule has 0 aliphatic carbocycles. The summed E-state index contributed by atoms with van der Waals surface area (Å²) in [7, 11) is 0. The Bertz CT molecular complexity index is 461. The van der Waals surface area contributed by atoms with Crippen molar-refractivity contribution in [3.8, 4) is 0 Å². The van der Waals surface area contributed by atoms with Crippen LogP contribution in [0.25, 0.3) is 0 Å². The first kappa shape index (κ1) is 11.1. The molecule has 0 fully saturated rings. The molecule has 2 rings (SSSR count). The maximum Gasteiger partial charge on any atom is 0.126 e. The van der Waals surface area contributed by atoms with Gasteiger partial charge in [0.2, 0.25) is 0 Å². The van der Waals surface area contributed by atoms with E-state index in [-0.39, 0.29) is 6.04 Å². The second kappa shape index (κ2) is 4.61. The number of anilines is 1. The van der Waals surface area contributed by atoms with Crippen molar-refractivity contribution in [3.05, 3.63) is 40.0 Å². The van der Waals surface area contributed by atoms with Gasteiger partial charge >= 0.3 is 0 Å². The summed E-state index contributed by atoms with van der Waals surface area (Å²) >= 11 is 1.72. The van der Waals surface area contributed by atoms with Crippen molar-refractivity contribution in [2.24, 2.45) is 0 Å². The monoisotopic (exact) mass is 233 g/mol. The molecule has 2 heterocycles. The van der Waals surface area contributed by atoms with E-state index in [0.29, 0.717) is 0 Å². The SMILES string of the molecule is Cc1ccc(NC(C)c2cnc(C)s2)nc1. The van der Waals surface area contributed by atoms with Gasteiger partial charge in [-0.1, -0.05) is 6.07 Å². The molecule has 0 amide bonds. The lowest BCUT2D eigenvalue weighted by Gasteiger charge is -2.12. The molecule has 0 aromatic carbocycles. The van der Waals surface area contributed by atoms with Gasteiger partial charge in [0.1, 0.15) is 5.82 Å². The third kappa shape index (κ3) is 2.58. The summed E-state index contributed by atoms with van der Waals surface area (Å²) < 4.78 is 0. The molecule has 16 heavy (non-hydrogen) atoms. The molecule has 84 valence electrons. The molecule has 3 nitrogen and oxygen atoms in total. The minimum absolute atomic E-state index is 0.251. The normalized spacial score (nSPS) is 12.4. The first-order valence-corrected chi connectivity index (χ1v) is 6.08. The van der Waals surface area contributed by atoms with E-state index in [1.54, 1.807) is 11.3 Å². The van der Waals surface area contributed by atoms with Crippen LogP contribution in [0.3, 0.4) is 0 Å². The van der Waals surface area contributed by atoms with Crippen LogP contribution in [0.2, 0.25) is 0 Å². The molecule has 0 aliphatic rings. The number of nitrogens with one attached hydrogen (secondary N) is 1. The molecule has 1 atom stereocenters. The number of aryl methyl sites for hydroxylation is 2. The number of hydrogen-bond acceptors (Lipinski definition) is 4. The van der Waals surface area contributed by atoms with Gasteiger partial charge in [-0.25, -0.2) is 9.97 Å². The first-order valence-electron chi connectivity index (χ1n) is 5.26. The van der Waals surface area contributed by atoms with Crippen LogP contribution in [0, 0.1) is 13.8 Å². The smallest absolute Gasteiger partial charge is 0.126 e. The summed E-state index contributed by atoms with van der Waals surface area (Å²) in [6.45, 7) is 6.17. The lowest BCUT2D eigenvalue weighted by molar-refractivity contribution is 0.891. The fraction of sp³-hybridized carbons (Fsp3) is 0.333. The summed E-state index contributed by atoms with van der Waals surface area (Å²) in [6, 6.07) is 4.31. The van der Waals surface area contributed by atoms with Gasteiger partial charge in [0.25, 0.3) is 0 Å². The quantitative estimate of drug-likeness (QED) is 0.883. The average molecular weight is 233 g/mol. The van der Waals surface area contributed by atoms with E-state index in [1.807, 2.05) is 32.3 Å². The highest BCUT2D eigenvalue weighted by Gasteiger charge is 2.08. The van der Waals surface area contributed by atoms with E-state index >= 15 is 0 Å². The van der Waals surface area contributed by atoms with Crippen molar-refractivity contribution in [3.63, 3.8) is 0 Å². The number of nitrogens with zero attached hydrogens (tertiary/aromatic N) is 2. The molecule has 4 heteroatoms. The van der Waals surface area contributed by atoms with Crippen LogP contribution in [0.4, 0.5) is 5.82 Å². The molecule has 1 N–H and O–H groups in total. The lowest BCUT2D eigenvalue weighted by atomic mass is 10.3. The summed E-state index contributed by atoms with van der Waals surface area (Å²) in [5.74, 6) is 0.907. The van der Waals surface area contributed by atoms with Crippen molar-refractivity contribution in [1.82, 2.24) is 9.97 Å². The van der Waals surface area contributed by atoms with Gasteiger partial charge in [0.15, 0.2) is 0 Å². The molecule has 0 bridgehead atoms. The Balaban J connectivity index is 2.07. The summed E-state index contributed by atoms with van der Waals surface area (Å²) in [4.78, 5) is 9.81. The summed E-state index contributed by atoms with van der Waals surface area (Å²) in [6.07, 6.45) is 3.79. The molecule has 0 saturated carbocycles. The first-order chi connectivity index (χ1) is 7.65. The van der Waals surface area contributed by atoms with Crippen molar-refractivity contribution >= 4 is 17.2 Å². The highest BCUT2D eigenvalue weighted by atomic mass is 32.1. The number of hydrogen-bond donors (Lipinski definition) is 1. The van der Waals surface area contributed by atoms with Crippen LogP contribution in [-0.4, -0.2) is 9.97 Å². The third-order valence-electron chi connectivity index (χ3n) is 2.34. The zero-order valence-electron chi connectivity index (χ0n) is 9.69. The summed E-state index contributed by atoms with van der Waals surface area (Å²) in [5.41, 5.74) is 1.17. The van der Waals surface area contributed by atoms with E-state index in [0.717, 1.165) is 10.8 Å². The molecule has 0 saturated heterocycles. The van der Waals surface area contributed by atoms with Gasteiger partial charge in [-0.15, -0.1) is 11.3 Å². The number of thiazole rings is 1. The zero-order chi connectivity index (χ0) is 11.5. The van der Waals surface area contributed by atoms with Gasteiger partial charge in [-0.05, 0) is 32.4 Å². The van der Waals surface area contributed by atoms with Crippen molar-refractivity contribution in [1.29, 1.82) is 0 Å². The van der Waals surface area contributed by atoms with E-state index < -0.39 is 0 Å². The Labute approximate surface area is 99.6 Å². The van der Waals surface area contributed by atoms with Crippen LogP contribution in [0.15, 0.2) is 24.5 Å². The topological polar surface area (TPSA) is 37.8 Å². The minimum Gasteiger partial charge on any atom is -0.363 e. The van der Waals surface area contributed by atoms with Crippen LogP contribution in [0.1, 0.15) is 28.4 Å². The van der Waals surface area contributed by atoms with Crippen molar-refractivity contribution < 1.29 is 0 Å². The van der Waals surface area contributed by atoms with Gasteiger partial charge in [-0.2, -0.15) is 0 Å².